The molecule has 0 aliphatic heterocycles. The predicted octanol–water partition coefficient (Wildman–Crippen LogP) is 3.82. The van der Waals surface area contributed by atoms with Gasteiger partial charge in [-0.25, -0.2) is 0 Å². The molecule has 0 aliphatic carbocycles. The summed E-state index contributed by atoms with van der Waals surface area (Å²) in [6, 6.07) is 8.48. The number of ether oxygens (including phenoxy) is 1. The third kappa shape index (κ3) is 4.78. The van der Waals surface area contributed by atoms with Crippen molar-refractivity contribution in [3.8, 4) is 0 Å². The maximum atomic E-state index is 5.53. The molecule has 0 spiro atoms. The van der Waals surface area contributed by atoms with Gasteiger partial charge in [0.2, 0.25) is 0 Å². The largest absolute Gasteiger partial charge is 0.382 e. The van der Waals surface area contributed by atoms with Crippen molar-refractivity contribution in [1.82, 2.24) is 0 Å². The van der Waals surface area contributed by atoms with Crippen molar-refractivity contribution >= 4 is 5.69 Å². The molecule has 1 aromatic rings. The van der Waals surface area contributed by atoms with Gasteiger partial charge in [0, 0.05) is 12.2 Å². The number of rotatable bonds is 5. The minimum Gasteiger partial charge on any atom is -0.382 e. The lowest BCUT2D eigenvalue weighted by Gasteiger charge is -2.23. The van der Waals surface area contributed by atoms with Crippen molar-refractivity contribution in [2.75, 3.05) is 18.5 Å². The molecule has 1 N–H and O–H groups in total. The average molecular weight is 235 g/mol. The van der Waals surface area contributed by atoms with Gasteiger partial charge < -0.3 is 10.1 Å². The first-order valence-electron chi connectivity index (χ1n) is 6.36. The van der Waals surface area contributed by atoms with Crippen LogP contribution in [0.25, 0.3) is 0 Å². The van der Waals surface area contributed by atoms with Crippen LogP contribution in [0.15, 0.2) is 24.3 Å². The smallest absolute Gasteiger partial charge is 0.0642 e. The van der Waals surface area contributed by atoms with Gasteiger partial charge in [-0.05, 0) is 30.9 Å². The van der Waals surface area contributed by atoms with Crippen LogP contribution in [0.3, 0.4) is 0 Å². The summed E-state index contributed by atoms with van der Waals surface area (Å²) in [6.45, 7) is 12.4. The second-order valence-corrected chi connectivity index (χ2v) is 5.64. The topological polar surface area (TPSA) is 21.3 Å². The fourth-order valence-electron chi connectivity index (χ4n) is 1.77. The van der Waals surface area contributed by atoms with Crippen LogP contribution < -0.4 is 5.32 Å². The van der Waals surface area contributed by atoms with Gasteiger partial charge in [-0.15, -0.1) is 0 Å². The van der Waals surface area contributed by atoms with E-state index in [1.165, 1.54) is 11.3 Å². The molecule has 0 unspecified atom stereocenters. The summed E-state index contributed by atoms with van der Waals surface area (Å²) >= 11 is 0. The van der Waals surface area contributed by atoms with Crippen molar-refractivity contribution in [3.05, 3.63) is 29.8 Å². The minimum atomic E-state index is 0.169. The van der Waals surface area contributed by atoms with E-state index < -0.39 is 0 Å². The van der Waals surface area contributed by atoms with E-state index in [9.17, 15) is 0 Å². The third-order valence-electron chi connectivity index (χ3n) is 2.60. The number of nitrogens with one attached hydrogen (secondary N) is 1. The molecule has 0 radical (unpaired) electrons. The quantitative estimate of drug-likeness (QED) is 0.783. The minimum absolute atomic E-state index is 0.169. The predicted molar refractivity (Wildman–Crippen MR) is 74.7 cm³/mol. The fourth-order valence-corrected chi connectivity index (χ4v) is 1.77. The Labute approximate surface area is 105 Å². The fraction of sp³-hybridized carbons (Fsp3) is 0.600. The maximum absolute atomic E-state index is 5.53. The van der Waals surface area contributed by atoms with Crippen LogP contribution >= 0.6 is 0 Å². The van der Waals surface area contributed by atoms with Crippen LogP contribution in [0.5, 0.6) is 0 Å². The van der Waals surface area contributed by atoms with E-state index in [2.05, 4.69) is 64.2 Å². The van der Waals surface area contributed by atoms with Gasteiger partial charge >= 0.3 is 0 Å². The van der Waals surface area contributed by atoms with E-state index >= 15 is 0 Å². The van der Waals surface area contributed by atoms with E-state index in [1.807, 2.05) is 0 Å². The van der Waals surface area contributed by atoms with Crippen molar-refractivity contribution in [1.29, 1.82) is 0 Å². The van der Waals surface area contributed by atoms with Crippen LogP contribution in [0.1, 0.15) is 40.2 Å². The highest BCUT2D eigenvalue weighted by Crippen LogP contribution is 2.28. The Morgan fingerprint density at radius 3 is 2.41 bits per heavy atom. The molecule has 0 heterocycles. The second kappa shape index (κ2) is 6.06. The molecular formula is C15H25NO. The monoisotopic (exact) mass is 235 g/mol. The number of anilines is 1. The average Bonchev–Trinajstić information content (AvgIpc) is 2.23. The highest BCUT2D eigenvalue weighted by atomic mass is 16.5. The first kappa shape index (κ1) is 14.0. The highest BCUT2D eigenvalue weighted by molar-refractivity contribution is 5.54. The zero-order chi connectivity index (χ0) is 12.9. The third-order valence-corrected chi connectivity index (χ3v) is 2.60. The lowest BCUT2D eigenvalue weighted by molar-refractivity contribution is 0.0870. The lowest BCUT2D eigenvalue weighted by Crippen LogP contribution is -2.18. The summed E-state index contributed by atoms with van der Waals surface area (Å²) in [6.07, 6.45) is 0.301. The van der Waals surface area contributed by atoms with Gasteiger partial charge in [0.1, 0.15) is 0 Å². The van der Waals surface area contributed by atoms with E-state index in [1.54, 1.807) is 0 Å². The van der Waals surface area contributed by atoms with Gasteiger partial charge in [-0.1, -0.05) is 39.0 Å². The second-order valence-electron chi connectivity index (χ2n) is 5.64. The first-order valence-corrected chi connectivity index (χ1v) is 6.36. The molecule has 96 valence electrons. The van der Waals surface area contributed by atoms with Crippen LogP contribution in [-0.2, 0) is 10.2 Å². The van der Waals surface area contributed by atoms with Crippen molar-refractivity contribution in [2.45, 2.75) is 46.1 Å². The molecule has 0 bridgehead atoms. The van der Waals surface area contributed by atoms with Gasteiger partial charge in [-0.2, -0.15) is 0 Å². The summed E-state index contributed by atoms with van der Waals surface area (Å²) in [5.74, 6) is 0. The maximum Gasteiger partial charge on any atom is 0.0642 e. The normalized spacial score (nSPS) is 11.9. The Hall–Kier alpha value is -1.02. The Morgan fingerprint density at radius 2 is 1.82 bits per heavy atom. The molecular weight excluding hydrogens is 210 g/mol. The summed E-state index contributed by atoms with van der Waals surface area (Å²) < 4.78 is 5.53. The van der Waals surface area contributed by atoms with E-state index in [4.69, 9.17) is 4.74 Å². The summed E-state index contributed by atoms with van der Waals surface area (Å²) in [4.78, 5) is 0. The van der Waals surface area contributed by atoms with Crippen LogP contribution in [-0.4, -0.2) is 19.3 Å². The standard InChI is InChI=1S/C15H25NO/c1-12(2)17-11-10-16-14-9-7-6-8-13(14)15(3,4)5/h6-9,12,16H,10-11H2,1-5H3. The Morgan fingerprint density at radius 1 is 1.18 bits per heavy atom. The summed E-state index contributed by atoms with van der Waals surface area (Å²) in [5, 5.41) is 3.45. The number of hydrogen-bond donors (Lipinski definition) is 1. The number of para-hydroxylation sites is 1. The van der Waals surface area contributed by atoms with Crippen molar-refractivity contribution in [3.63, 3.8) is 0 Å². The van der Waals surface area contributed by atoms with Gasteiger partial charge in [0.15, 0.2) is 0 Å². The number of hydrogen-bond acceptors (Lipinski definition) is 2. The number of benzene rings is 1. The molecule has 1 rings (SSSR count). The zero-order valence-corrected chi connectivity index (χ0v) is 11.7. The molecule has 2 heteroatoms. The van der Waals surface area contributed by atoms with Gasteiger partial charge in [0.05, 0.1) is 12.7 Å². The SMILES string of the molecule is CC(C)OCCNc1ccccc1C(C)(C)C. The van der Waals surface area contributed by atoms with Crippen molar-refractivity contribution in [2.24, 2.45) is 0 Å². The Kier molecular flexibility index (Phi) is 5.01. The van der Waals surface area contributed by atoms with Crippen molar-refractivity contribution < 1.29 is 4.74 Å². The molecule has 0 saturated heterocycles. The van der Waals surface area contributed by atoms with E-state index in [0.717, 1.165) is 13.2 Å². The Balaban J connectivity index is 2.59. The van der Waals surface area contributed by atoms with E-state index in [-0.39, 0.29) is 5.41 Å². The zero-order valence-electron chi connectivity index (χ0n) is 11.7. The molecule has 1 aromatic carbocycles. The Bertz CT molecular complexity index is 339. The molecule has 0 fully saturated rings. The molecule has 0 amide bonds. The molecule has 17 heavy (non-hydrogen) atoms. The molecule has 0 aromatic heterocycles. The van der Waals surface area contributed by atoms with Gasteiger partial charge in [-0.3, -0.25) is 0 Å². The molecule has 0 aliphatic rings. The van der Waals surface area contributed by atoms with Crippen LogP contribution in [0, 0.1) is 0 Å². The summed E-state index contributed by atoms with van der Waals surface area (Å²) in [5.41, 5.74) is 2.74. The molecule has 0 atom stereocenters. The lowest BCUT2D eigenvalue weighted by atomic mass is 9.86. The van der Waals surface area contributed by atoms with Crippen LogP contribution in [0.4, 0.5) is 5.69 Å². The van der Waals surface area contributed by atoms with Gasteiger partial charge in [0.25, 0.3) is 0 Å². The summed E-state index contributed by atoms with van der Waals surface area (Å²) in [7, 11) is 0. The molecule has 0 saturated carbocycles. The first-order chi connectivity index (χ1) is 7.91. The molecule has 2 nitrogen and oxygen atoms in total. The highest BCUT2D eigenvalue weighted by Gasteiger charge is 2.16. The van der Waals surface area contributed by atoms with E-state index in [0.29, 0.717) is 6.10 Å². The van der Waals surface area contributed by atoms with Crippen LogP contribution in [0.2, 0.25) is 0 Å².